The average Bonchev–Trinajstić information content (AvgIpc) is 3.73. The van der Waals surface area contributed by atoms with E-state index in [2.05, 4.69) is 124 Å². The maximum atomic E-state index is 14.2. The molecule has 4 aromatic carbocycles. The Hall–Kier alpha value is -5.43. The molecular weight excluding hydrogens is 973 g/mol. The molecule has 2 bridgehead atoms. The number of carboxylic acids is 1. The monoisotopic (exact) mass is 1060 g/mol. The van der Waals surface area contributed by atoms with Crippen LogP contribution in [-0.4, -0.2) is 43.7 Å². The van der Waals surface area contributed by atoms with E-state index in [0.717, 1.165) is 107 Å². The van der Waals surface area contributed by atoms with Crippen molar-refractivity contribution < 1.29 is 30.3 Å². The number of aliphatic hydroxyl groups excluding tert-OH is 3. The Morgan fingerprint density at radius 1 is 0.797 bits per heavy atom. The largest absolute Gasteiger partial charge is 0.516 e. The van der Waals surface area contributed by atoms with E-state index in [9.17, 15) is 30.3 Å². The highest BCUT2D eigenvalue weighted by Crippen LogP contribution is 2.82. The van der Waals surface area contributed by atoms with Crippen molar-refractivity contribution in [1.82, 2.24) is 0 Å². The Kier molecular flexibility index (Phi) is 13.5. The van der Waals surface area contributed by atoms with Gasteiger partial charge in [-0.1, -0.05) is 166 Å². The van der Waals surface area contributed by atoms with Gasteiger partial charge in [0.1, 0.15) is 5.75 Å². The van der Waals surface area contributed by atoms with Crippen LogP contribution in [0, 0.1) is 74.4 Å². The number of carboxylic acid groups (broad SMARTS) is 1. The molecule has 4 fully saturated rings. The van der Waals surface area contributed by atoms with Crippen molar-refractivity contribution in [2.45, 2.75) is 161 Å². The Morgan fingerprint density at radius 3 is 2.30 bits per heavy atom. The molecule has 0 radical (unpaired) electrons. The van der Waals surface area contributed by atoms with E-state index in [1.165, 1.54) is 58.2 Å². The predicted molar refractivity (Wildman–Crippen MR) is 316 cm³/mol. The SMILES string of the molecule is C[C@H](/C(=C/O)CC[C@@H](C(=O)O)[C@H]1[C@H](O)C[C@@]2(C3CCC(Cc4ccccc4)CC3)C3=C(CC[C@]12C)[C@]12CC[C@H](O)[C@@]4(C)CC=C[C@@](C=C5C(Cc6cccc(-c7ccc(O)cc7)c6)=c6ccccc6=C[C@@H]51)(C3)[C@@H]42)C1CCCCC1. The van der Waals surface area contributed by atoms with E-state index in [1.54, 1.807) is 23.3 Å². The smallest absolute Gasteiger partial charge is 0.306 e. The molecule has 0 heterocycles. The second-order valence-electron chi connectivity index (χ2n) is 27.6. The van der Waals surface area contributed by atoms with Gasteiger partial charge in [0, 0.05) is 33.5 Å². The summed E-state index contributed by atoms with van der Waals surface area (Å²) in [5.74, 6) is 0.0894. The number of allylic oxidation sites excluding steroid dienone is 7. The molecule has 4 saturated carbocycles. The van der Waals surface area contributed by atoms with E-state index < -0.39 is 46.3 Å². The zero-order valence-corrected chi connectivity index (χ0v) is 47.3. The molecule has 9 aliphatic carbocycles. The fourth-order valence-corrected chi connectivity index (χ4v) is 20.8. The topological polar surface area (TPSA) is 118 Å². The summed E-state index contributed by atoms with van der Waals surface area (Å²) in [7, 11) is 0. The number of hydrogen-bond donors (Lipinski definition) is 5. The lowest BCUT2D eigenvalue weighted by Crippen LogP contribution is -2.68. The number of benzene rings is 4. The summed E-state index contributed by atoms with van der Waals surface area (Å²) in [6.45, 7) is 7.12. The first-order valence-corrected chi connectivity index (χ1v) is 31.0. The highest BCUT2D eigenvalue weighted by atomic mass is 16.4. The van der Waals surface area contributed by atoms with Crippen molar-refractivity contribution in [1.29, 1.82) is 0 Å². The number of aromatic hydroxyl groups is 1. The van der Waals surface area contributed by atoms with Crippen LogP contribution in [0.4, 0.5) is 0 Å². The second-order valence-corrected chi connectivity index (χ2v) is 27.6. The van der Waals surface area contributed by atoms with E-state index in [1.807, 2.05) is 12.1 Å². The molecular formula is C73H86O6. The lowest BCUT2D eigenvalue weighted by atomic mass is 9.30. The van der Waals surface area contributed by atoms with Gasteiger partial charge in [-0.25, -0.2) is 0 Å². The molecule has 414 valence electrons. The predicted octanol–water partition coefficient (Wildman–Crippen LogP) is 14.6. The van der Waals surface area contributed by atoms with E-state index in [4.69, 9.17) is 0 Å². The van der Waals surface area contributed by atoms with Gasteiger partial charge in [-0.15, -0.1) is 0 Å². The molecule has 12 atom stereocenters. The lowest BCUT2D eigenvalue weighted by molar-refractivity contribution is -0.164. The molecule has 0 amide bonds. The van der Waals surface area contributed by atoms with E-state index in [0.29, 0.717) is 37.0 Å². The number of aliphatic carboxylic acids is 1. The molecule has 4 aromatic rings. The standard InChI is InChI=1S/C73H86O6/c1-46(50-17-8-5-9-18-50)54(45-74)26-31-58(67(78)79)66-64(76)44-73(55-27-22-48(23-28-55)38-47-14-6-4-7-15-47)63-43-71-35-13-34-69(2)65(77)33-37-72(68(69)71,61(63)32-36-70(66,73)3)62-41-53-19-10-11-21-57(53)59(60(62)42-71)40-49-16-12-20-52(39-49)51-24-29-56(75)30-25-51/h4,6-7,10-16,19-21,24-25,29-30,35,39,41-42,45-46,48,50,55,58,62,64-66,68,74-77H,5,8-9,17-18,22-23,26-28,31-34,36-38,40,43-44H2,1-3H3,(H,78,79)/b54-45+/t46-,48?,55?,58+,62-,64+,65-,66-,68+,69+,70+,71+,72+,73+/m0/s1. The van der Waals surface area contributed by atoms with Gasteiger partial charge in [0.25, 0.3) is 0 Å². The molecule has 13 rings (SSSR count). The number of phenols is 1. The Morgan fingerprint density at radius 2 is 1.54 bits per heavy atom. The lowest BCUT2D eigenvalue weighted by Gasteiger charge is -2.73. The first kappa shape index (κ1) is 52.9. The quantitative estimate of drug-likeness (QED) is 0.0672. The van der Waals surface area contributed by atoms with Crippen LogP contribution in [0.1, 0.15) is 147 Å². The fourth-order valence-electron chi connectivity index (χ4n) is 20.8. The van der Waals surface area contributed by atoms with Crippen molar-refractivity contribution in [3.63, 3.8) is 0 Å². The zero-order valence-electron chi connectivity index (χ0n) is 47.3. The number of carbonyl (C=O) groups is 1. The van der Waals surface area contributed by atoms with Crippen LogP contribution in [-0.2, 0) is 17.6 Å². The van der Waals surface area contributed by atoms with Crippen molar-refractivity contribution in [2.75, 3.05) is 0 Å². The van der Waals surface area contributed by atoms with Gasteiger partial charge in [0.15, 0.2) is 0 Å². The van der Waals surface area contributed by atoms with Gasteiger partial charge < -0.3 is 25.5 Å². The second kappa shape index (κ2) is 20.2. The molecule has 0 saturated heterocycles. The maximum absolute atomic E-state index is 14.2. The van der Waals surface area contributed by atoms with Crippen LogP contribution in [0.3, 0.4) is 0 Å². The molecule has 5 N–H and O–H groups in total. The third-order valence-corrected chi connectivity index (χ3v) is 24.1. The van der Waals surface area contributed by atoms with Gasteiger partial charge in [-0.3, -0.25) is 4.79 Å². The minimum absolute atomic E-state index is 0.0752. The Balaban J connectivity index is 0.957. The van der Waals surface area contributed by atoms with Crippen molar-refractivity contribution in [2.24, 2.45) is 74.4 Å². The molecule has 0 aliphatic heterocycles. The molecule has 0 aromatic heterocycles. The molecule has 0 spiro atoms. The normalized spacial score (nSPS) is 36.4. The van der Waals surface area contributed by atoms with Crippen molar-refractivity contribution in [3.05, 3.63) is 171 Å². The first-order chi connectivity index (χ1) is 38.2. The van der Waals surface area contributed by atoms with Gasteiger partial charge in [0.05, 0.1) is 24.4 Å². The van der Waals surface area contributed by atoms with E-state index in [-0.39, 0.29) is 34.3 Å². The number of rotatable bonds is 13. The Labute approximate surface area is 469 Å². The summed E-state index contributed by atoms with van der Waals surface area (Å²) < 4.78 is 0. The summed E-state index contributed by atoms with van der Waals surface area (Å²) >= 11 is 0. The average molecular weight is 1060 g/mol. The third-order valence-electron chi connectivity index (χ3n) is 24.1. The minimum Gasteiger partial charge on any atom is -0.516 e. The summed E-state index contributed by atoms with van der Waals surface area (Å²) in [5.41, 5.74) is 9.88. The van der Waals surface area contributed by atoms with Crippen LogP contribution in [0.15, 0.2) is 150 Å². The number of phenolic OH excluding ortho intramolecular Hbond substituents is 1. The summed E-state index contributed by atoms with van der Waals surface area (Å²) in [6, 6.07) is 36.5. The number of hydrogen-bond acceptors (Lipinski definition) is 5. The van der Waals surface area contributed by atoms with Crippen LogP contribution < -0.4 is 10.4 Å². The van der Waals surface area contributed by atoms with E-state index >= 15 is 0 Å². The summed E-state index contributed by atoms with van der Waals surface area (Å²) in [6.07, 6.45) is 29.3. The van der Waals surface area contributed by atoms with Gasteiger partial charge in [0.2, 0.25) is 0 Å². The van der Waals surface area contributed by atoms with Crippen LogP contribution in [0.5, 0.6) is 5.75 Å². The third kappa shape index (κ3) is 8.31. The van der Waals surface area contributed by atoms with Gasteiger partial charge >= 0.3 is 5.97 Å². The Bertz CT molecular complexity index is 3240. The zero-order chi connectivity index (χ0) is 54.5. The number of fused-ring (bicyclic) bond motifs is 4. The van der Waals surface area contributed by atoms with Gasteiger partial charge in [-0.05, 0) is 206 Å². The van der Waals surface area contributed by atoms with Crippen LogP contribution in [0.2, 0.25) is 0 Å². The molecule has 79 heavy (non-hydrogen) atoms. The summed E-state index contributed by atoms with van der Waals surface area (Å²) in [5, 5.41) is 61.1. The highest BCUT2D eigenvalue weighted by molar-refractivity contribution is 5.77. The molecule has 6 heteroatoms. The molecule has 9 aliphatic rings. The van der Waals surface area contributed by atoms with Crippen LogP contribution >= 0.6 is 0 Å². The minimum atomic E-state index is -0.806. The number of aliphatic hydroxyl groups is 3. The molecule has 0 unspecified atom stereocenters. The van der Waals surface area contributed by atoms with Gasteiger partial charge in [-0.2, -0.15) is 0 Å². The van der Waals surface area contributed by atoms with Crippen molar-refractivity contribution >= 4 is 17.6 Å². The van der Waals surface area contributed by atoms with Crippen molar-refractivity contribution in [3.8, 4) is 16.9 Å². The maximum Gasteiger partial charge on any atom is 0.306 e. The first-order valence-electron chi connectivity index (χ1n) is 31.0. The van der Waals surface area contributed by atoms with Crippen LogP contribution in [0.25, 0.3) is 22.8 Å². The summed E-state index contributed by atoms with van der Waals surface area (Å²) in [4.78, 5) is 14.2. The molecule has 6 nitrogen and oxygen atoms in total. The highest BCUT2D eigenvalue weighted by Gasteiger charge is 2.76. The fraction of sp³-hybridized carbons (Fsp3) is 0.521.